The highest BCUT2D eigenvalue weighted by Gasteiger charge is 2.29. The lowest BCUT2D eigenvalue weighted by molar-refractivity contribution is -0.134. The van der Waals surface area contributed by atoms with E-state index in [1.54, 1.807) is 42.9 Å². The Bertz CT molecular complexity index is 2660. The van der Waals surface area contributed by atoms with Gasteiger partial charge in [0.15, 0.2) is 0 Å². The van der Waals surface area contributed by atoms with Gasteiger partial charge in [0.05, 0.1) is 22.8 Å². The van der Waals surface area contributed by atoms with Gasteiger partial charge in [0.25, 0.3) is 17.9 Å². The second-order valence-corrected chi connectivity index (χ2v) is 15.0. The number of alkyl halides is 2. The summed E-state index contributed by atoms with van der Waals surface area (Å²) in [6.07, 6.45) is 3.34. The minimum Gasteiger partial charge on any atom is -0.347 e. The molecule has 8 rings (SSSR count). The molecule has 3 amide bonds. The van der Waals surface area contributed by atoms with Gasteiger partial charge in [0.1, 0.15) is 5.69 Å². The molecule has 10 nitrogen and oxygen atoms in total. The number of rotatable bonds is 9. The average Bonchev–Trinajstić information content (AvgIpc) is 3.24. The van der Waals surface area contributed by atoms with Crippen molar-refractivity contribution in [2.24, 2.45) is 7.05 Å². The summed E-state index contributed by atoms with van der Waals surface area (Å²) in [4.78, 5) is 60.8. The molecular formula is C46H42F2N6O4. The van der Waals surface area contributed by atoms with Crippen LogP contribution in [0.25, 0.3) is 33.2 Å². The molecule has 1 atom stereocenters. The Kier molecular flexibility index (Phi) is 10.4. The van der Waals surface area contributed by atoms with E-state index in [4.69, 9.17) is 0 Å². The SMILES string of the molecule is CCc1cc(N2CCCc3cc(-c4ccc(C(=O)NCc5ccc(-c6ccnc(C7CCC(=O)NC7=O)c6)cc5)nc4)c(C(F)F)cc32)c2cc(C)c(=O)n(C)c2c1. The molecule has 6 aromatic rings. The van der Waals surface area contributed by atoms with Crippen molar-refractivity contribution in [3.63, 3.8) is 0 Å². The van der Waals surface area contributed by atoms with Crippen LogP contribution in [0.4, 0.5) is 20.2 Å². The molecule has 0 aliphatic carbocycles. The maximum Gasteiger partial charge on any atom is 0.270 e. The monoisotopic (exact) mass is 780 g/mol. The van der Waals surface area contributed by atoms with Gasteiger partial charge in [-0.15, -0.1) is 0 Å². The molecule has 0 saturated carbocycles. The Labute approximate surface area is 334 Å². The number of benzene rings is 3. The molecule has 0 radical (unpaired) electrons. The summed E-state index contributed by atoms with van der Waals surface area (Å²) >= 11 is 0. The fraction of sp³-hybridized carbons (Fsp3) is 0.261. The number of piperidine rings is 1. The van der Waals surface area contributed by atoms with Crippen LogP contribution in [0.1, 0.15) is 82.5 Å². The molecule has 1 saturated heterocycles. The molecule has 5 heterocycles. The first-order chi connectivity index (χ1) is 28.0. The zero-order valence-electron chi connectivity index (χ0n) is 32.4. The van der Waals surface area contributed by atoms with Gasteiger partial charge in [0.2, 0.25) is 11.8 Å². The summed E-state index contributed by atoms with van der Waals surface area (Å²) in [7, 11) is 1.77. The van der Waals surface area contributed by atoms with Crippen molar-refractivity contribution in [2.45, 2.75) is 64.8 Å². The van der Waals surface area contributed by atoms with Crippen LogP contribution < -0.4 is 21.1 Å². The van der Waals surface area contributed by atoms with Gasteiger partial charge in [-0.2, -0.15) is 0 Å². The van der Waals surface area contributed by atoms with Crippen molar-refractivity contribution in [3.05, 3.63) is 141 Å². The van der Waals surface area contributed by atoms with E-state index in [2.05, 4.69) is 38.5 Å². The quantitative estimate of drug-likeness (QED) is 0.143. The van der Waals surface area contributed by atoms with Crippen LogP contribution in [0.2, 0.25) is 0 Å². The first-order valence-corrected chi connectivity index (χ1v) is 19.5. The van der Waals surface area contributed by atoms with E-state index in [-0.39, 0.29) is 41.6 Å². The number of anilines is 2. The second-order valence-electron chi connectivity index (χ2n) is 15.0. The van der Waals surface area contributed by atoms with Crippen molar-refractivity contribution in [1.29, 1.82) is 0 Å². The summed E-state index contributed by atoms with van der Waals surface area (Å²) < 4.78 is 31.4. The van der Waals surface area contributed by atoms with Gasteiger partial charge >= 0.3 is 0 Å². The lowest BCUT2D eigenvalue weighted by Gasteiger charge is -2.34. The zero-order chi connectivity index (χ0) is 40.7. The number of carbonyl (C=O) groups excluding carboxylic acids is 3. The molecule has 2 aliphatic rings. The Balaban J connectivity index is 0.989. The minimum atomic E-state index is -2.76. The van der Waals surface area contributed by atoms with E-state index < -0.39 is 18.3 Å². The minimum absolute atomic E-state index is 0.0645. The third-order valence-electron chi connectivity index (χ3n) is 11.3. The fourth-order valence-corrected chi connectivity index (χ4v) is 8.08. The molecule has 3 aromatic carbocycles. The normalized spacial score (nSPS) is 15.4. The van der Waals surface area contributed by atoms with E-state index in [0.29, 0.717) is 41.8 Å². The van der Waals surface area contributed by atoms with E-state index in [1.807, 2.05) is 54.6 Å². The van der Waals surface area contributed by atoms with Crippen LogP contribution in [-0.2, 0) is 36.0 Å². The number of imide groups is 1. The summed E-state index contributed by atoms with van der Waals surface area (Å²) in [5.41, 5.74) is 9.11. The Morgan fingerprint density at radius 3 is 2.41 bits per heavy atom. The standard InChI is InChI=1S/C46H42F2N6O4/c1-4-27-19-40-36(18-26(2)46(58)53(40)3)41(20-27)54-17-5-6-31-21-34(35(43(47)48)23-39(31)54)32-11-13-37(50-25-32)45(57)51-24-28-7-9-29(10-8-28)30-15-16-49-38(22-30)33-12-14-42(55)52-44(33)56/h7-11,13,15-16,18-23,25,33,43H,4-6,12,14,17,24H2,1-3H3,(H,51,57)(H,52,55,56). The number of pyridine rings is 3. The van der Waals surface area contributed by atoms with Crippen molar-refractivity contribution >= 4 is 40.0 Å². The van der Waals surface area contributed by atoms with Crippen LogP contribution in [-0.4, -0.2) is 38.8 Å². The van der Waals surface area contributed by atoms with Crippen molar-refractivity contribution in [1.82, 2.24) is 25.2 Å². The number of halogens is 2. The number of amides is 3. The predicted molar refractivity (Wildman–Crippen MR) is 219 cm³/mol. The van der Waals surface area contributed by atoms with Gasteiger partial charge in [0, 0.05) is 66.7 Å². The van der Waals surface area contributed by atoms with E-state index in [0.717, 1.165) is 62.9 Å². The number of aromatic nitrogens is 3. The van der Waals surface area contributed by atoms with E-state index in [1.165, 1.54) is 6.20 Å². The molecule has 58 heavy (non-hydrogen) atoms. The highest BCUT2D eigenvalue weighted by molar-refractivity contribution is 6.01. The summed E-state index contributed by atoms with van der Waals surface area (Å²) in [6, 6.07) is 24.0. The highest BCUT2D eigenvalue weighted by atomic mass is 19.3. The highest BCUT2D eigenvalue weighted by Crippen LogP contribution is 2.43. The number of nitrogens with zero attached hydrogens (tertiary/aromatic N) is 4. The molecule has 3 aromatic heterocycles. The van der Waals surface area contributed by atoms with E-state index >= 15 is 0 Å². The first kappa shape index (κ1) is 38.3. The molecule has 294 valence electrons. The van der Waals surface area contributed by atoms with Crippen LogP contribution in [0, 0.1) is 6.92 Å². The largest absolute Gasteiger partial charge is 0.347 e. The van der Waals surface area contributed by atoms with Crippen molar-refractivity contribution in [3.8, 4) is 22.3 Å². The molecule has 12 heteroatoms. The fourth-order valence-electron chi connectivity index (χ4n) is 8.08. The Morgan fingerprint density at radius 2 is 1.69 bits per heavy atom. The summed E-state index contributed by atoms with van der Waals surface area (Å²) in [5.74, 6) is -1.49. The number of aryl methyl sites for hydroxylation is 4. The van der Waals surface area contributed by atoms with Crippen molar-refractivity contribution in [2.75, 3.05) is 11.4 Å². The summed E-state index contributed by atoms with van der Waals surface area (Å²) in [5, 5.41) is 6.17. The number of nitrogens with one attached hydrogen (secondary N) is 2. The number of hydrogen-bond acceptors (Lipinski definition) is 7. The van der Waals surface area contributed by atoms with Gasteiger partial charge in [-0.3, -0.25) is 34.5 Å². The molecule has 0 bridgehead atoms. The lowest BCUT2D eigenvalue weighted by atomic mass is 9.91. The Morgan fingerprint density at radius 1 is 0.897 bits per heavy atom. The topological polar surface area (TPSA) is 126 Å². The van der Waals surface area contributed by atoms with Gasteiger partial charge in [-0.1, -0.05) is 37.3 Å². The molecular weight excluding hydrogens is 739 g/mol. The van der Waals surface area contributed by atoms with Crippen LogP contribution >= 0.6 is 0 Å². The lowest BCUT2D eigenvalue weighted by Crippen LogP contribution is -2.39. The first-order valence-electron chi connectivity index (χ1n) is 19.5. The van der Waals surface area contributed by atoms with Crippen LogP contribution in [0.15, 0.2) is 96.1 Å². The third kappa shape index (κ3) is 7.37. The average molecular weight is 781 g/mol. The third-order valence-corrected chi connectivity index (χ3v) is 11.3. The zero-order valence-corrected chi connectivity index (χ0v) is 32.4. The molecule has 2 aliphatic heterocycles. The summed E-state index contributed by atoms with van der Waals surface area (Å²) in [6.45, 7) is 4.73. The number of carbonyl (C=O) groups is 3. The number of hydrogen-bond donors (Lipinski definition) is 2. The molecule has 1 unspecified atom stereocenters. The maximum atomic E-state index is 14.9. The smallest absolute Gasteiger partial charge is 0.270 e. The second kappa shape index (κ2) is 15.8. The molecule has 2 N–H and O–H groups in total. The van der Waals surface area contributed by atoms with Gasteiger partial charge in [-0.25, -0.2) is 8.78 Å². The maximum absolute atomic E-state index is 14.9. The number of fused-ring (bicyclic) bond motifs is 2. The van der Waals surface area contributed by atoms with Gasteiger partial charge < -0.3 is 14.8 Å². The predicted octanol–water partition coefficient (Wildman–Crippen LogP) is 8.01. The molecule has 1 fully saturated rings. The van der Waals surface area contributed by atoms with Crippen molar-refractivity contribution < 1.29 is 23.2 Å². The molecule has 0 spiro atoms. The van der Waals surface area contributed by atoms with Crippen LogP contribution in [0.3, 0.4) is 0 Å². The van der Waals surface area contributed by atoms with E-state index in [9.17, 15) is 28.0 Å². The van der Waals surface area contributed by atoms with Gasteiger partial charge in [-0.05, 0) is 115 Å². The Hall–Kier alpha value is -6.56. The van der Waals surface area contributed by atoms with Crippen LogP contribution in [0.5, 0.6) is 0 Å².